The van der Waals surface area contributed by atoms with Gasteiger partial charge >= 0.3 is 11.9 Å². The van der Waals surface area contributed by atoms with Crippen LogP contribution in [0.2, 0.25) is 0 Å². The highest BCUT2D eigenvalue weighted by atomic mass is 16.5. The lowest BCUT2D eigenvalue weighted by molar-refractivity contribution is -0.137. The second-order valence-electron chi connectivity index (χ2n) is 3.55. The molecule has 0 aromatic carbocycles. The zero-order valence-corrected chi connectivity index (χ0v) is 9.73. The van der Waals surface area contributed by atoms with Crippen LogP contribution in [0.3, 0.4) is 0 Å². The number of carbonyl (C=O) groups is 2. The fourth-order valence-corrected chi connectivity index (χ4v) is 0.272. The predicted octanol–water partition coefficient (Wildman–Crippen LogP) is 0.666. The van der Waals surface area contributed by atoms with Crippen molar-refractivity contribution in [1.82, 2.24) is 0 Å². The molecule has 0 radical (unpaired) electrons. The molecule has 5 heteroatoms. The maximum Gasteiger partial charge on any atom is 0.330 e. The van der Waals surface area contributed by atoms with E-state index in [2.05, 4.69) is 9.47 Å². The topological polar surface area (TPSA) is 72.8 Å². The highest BCUT2D eigenvalue weighted by Gasteiger charge is 1.98. The van der Waals surface area contributed by atoms with E-state index in [0.717, 1.165) is 12.2 Å². The van der Waals surface area contributed by atoms with Gasteiger partial charge in [0.1, 0.15) is 0 Å². The number of ether oxygens (including phenoxy) is 2. The number of esters is 2. The summed E-state index contributed by atoms with van der Waals surface area (Å²) in [5.41, 5.74) is -0.500. The number of hydrogen-bond acceptors (Lipinski definition) is 5. The van der Waals surface area contributed by atoms with Gasteiger partial charge in [-0.1, -0.05) is 0 Å². The molecule has 88 valence electrons. The van der Waals surface area contributed by atoms with Gasteiger partial charge in [-0.25, -0.2) is 9.59 Å². The molecule has 0 amide bonds. The van der Waals surface area contributed by atoms with Crippen LogP contribution in [-0.4, -0.2) is 36.9 Å². The van der Waals surface area contributed by atoms with E-state index in [-0.39, 0.29) is 0 Å². The van der Waals surface area contributed by atoms with Crippen molar-refractivity contribution in [2.75, 3.05) is 14.2 Å². The first kappa shape index (κ1) is 16.1. The van der Waals surface area contributed by atoms with Crippen LogP contribution in [0, 0.1) is 0 Å². The van der Waals surface area contributed by atoms with Crippen LogP contribution < -0.4 is 0 Å². The second-order valence-corrected chi connectivity index (χ2v) is 3.55. The van der Waals surface area contributed by atoms with Crippen LogP contribution in [0.15, 0.2) is 12.2 Å². The van der Waals surface area contributed by atoms with E-state index < -0.39 is 17.5 Å². The molecule has 0 saturated carbocycles. The predicted molar refractivity (Wildman–Crippen MR) is 55.1 cm³/mol. The van der Waals surface area contributed by atoms with Gasteiger partial charge in [0.25, 0.3) is 0 Å². The first-order valence-corrected chi connectivity index (χ1v) is 4.27. The summed E-state index contributed by atoms with van der Waals surface area (Å²) in [6, 6.07) is 0. The third-order valence-corrected chi connectivity index (χ3v) is 0.758. The molecule has 5 nitrogen and oxygen atoms in total. The Morgan fingerprint density at radius 2 is 1.20 bits per heavy atom. The Bertz CT molecular complexity index is 200. The molecule has 0 aromatic heterocycles. The van der Waals surface area contributed by atoms with Gasteiger partial charge in [0.15, 0.2) is 0 Å². The summed E-state index contributed by atoms with van der Waals surface area (Å²) in [5.74, 6) is -1.16. The molecule has 0 bridgehead atoms. The van der Waals surface area contributed by atoms with Crippen molar-refractivity contribution in [3.05, 3.63) is 12.2 Å². The number of aliphatic hydroxyl groups is 1. The number of hydrogen-bond donors (Lipinski definition) is 1. The Balaban J connectivity index is 0. The highest BCUT2D eigenvalue weighted by Crippen LogP contribution is 1.93. The van der Waals surface area contributed by atoms with E-state index in [1.54, 1.807) is 20.8 Å². The van der Waals surface area contributed by atoms with Gasteiger partial charge in [-0.2, -0.15) is 0 Å². The summed E-state index contributed by atoms with van der Waals surface area (Å²) in [4.78, 5) is 20.6. The van der Waals surface area contributed by atoms with Crippen LogP contribution in [0.5, 0.6) is 0 Å². The molecule has 0 fully saturated rings. The van der Waals surface area contributed by atoms with Gasteiger partial charge in [-0.3, -0.25) is 0 Å². The van der Waals surface area contributed by atoms with Crippen LogP contribution in [0.4, 0.5) is 0 Å². The van der Waals surface area contributed by atoms with Gasteiger partial charge in [0.2, 0.25) is 0 Å². The Hall–Kier alpha value is -1.36. The fraction of sp³-hybridized carbons (Fsp3) is 0.600. The Kier molecular flexibility index (Phi) is 8.57. The molecule has 0 spiro atoms. The molecule has 0 aliphatic carbocycles. The lowest BCUT2D eigenvalue weighted by atomic mass is 10.2. The van der Waals surface area contributed by atoms with Crippen LogP contribution in [0.1, 0.15) is 20.8 Å². The average Bonchev–Trinajstić information content (AvgIpc) is 2.10. The summed E-state index contributed by atoms with van der Waals surface area (Å²) in [7, 11) is 2.45. The lowest BCUT2D eigenvalue weighted by Crippen LogP contribution is -2.10. The van der Waals surface area contributed by atoms with Gasteiger partial charge in [0, 0.05) is 12.2 Å². The minimum absolute atomic E-state index is 0.500. The number of methoxy groups -OCH3 is 2. The van der Waals surface area contributed by atoms with Crippen molar-refractivity contribution in [2.24, 2.45) is 0 Å². The molecule has 0 rings (SSSR count). The smallest absolute Gasteiger partial charge is 0.330 e. The summed E-state index contributed by atoms with van der Waals surface area (Å²) in [5, 5.41) is 8.52. The monoisotopic (exact) mass is 218 g/mol. The first-order chi connectivity index (χ1) is 6.70. The van der Waals surface area contributed by atoms with Crippen molar-refractivity contribution >= 4 is 11.9 Å². The number of rotatable bonds is 2. The zero-order valence-electron chi connectivity index (χ0n) is 9.73. The third kappa shape index (κ3) is 24.5. The Morgan fingerprint density at radius 3 is 1.33 bits per heavy atom. The maximum atomic E-state index is 10.3. The molecule has 0 heterocycles. The standard InChI is InChI=1S/C6H8O4.C4H10O/c1-9-5(7)3-4-6(8)10-2;1-4(2,3)5/h3-4H,1-2H3;5H,1-3H3/b4-3+;. The summed E-state index contributed by atoms with van der Waals surface area (Å²) in [6.45, 7) is 5.23. The van der Waals surface area contributed by atoms with Gasteiger partial charge in [0.05, 0.1) is 19.8 Å². The summed E-state index contributed by atoms with van der Waals surface area (Å²) >= 11 is 0. The second kappa shape index (κ2) is 7.99. The normalized spacial score (nSPS) is 10.3. The Labute approximate surface area is 89.7 Å². The largest absolute Gasteiger partial charge is 0.466 e. The van der Waals surface area contributed by atoms with E-state index in [1.807, 2.05) is 0 Å². The molecule has 0 saturated heterocycles. The molecule has 1 N–H and O–H groups in total. The van der Waals surface area contributed by atoms with Crippen molar-refractivity contribution in [1.29, 1.82) is 0 Å². The van der Waals surface area contributed by atoms with Crippen molar-refractivity contribution < 1.29 is 24.2 Å². The summed E-state index contributed by atoms with van der Waals surface area (Å²) < 4.78 is 8.42. The van der Waals surface area contributed by atoms with Crippen molar-refractivity contribution in [2.45, 2.75) is 26.4 Å². The van der Waals surface area contributed by atoms with Crippen LogP contribution in [0.25, 0.3) is 0 Å². The maximum absolute atomic E-state index is 10.3. The Morgan fingerprint density at radius 1 is 1.00 bits per heavy atom. The lowest BCUT2D eigenvalue weighted by Gasteiger charge is -2.04. The fourth-order valence-electron chi connectivity index (χ4n) is 0.272. The minimum atomic E-state index is -0.578. The molecule has 0 aliphatic rings. The van der Waals surface area contributed by atoms with Crippen molar-refractivity contribution in [3.63, 3.8) is 0 Å². The van der Waals surface area contributed by atoms with Crippen LogP contribution in [-0.2, 0) is 19.1 Å². The molecule has 15 heavy (non-hydrogen) atoms. The van der Waals surface area contributed by atoms with Gasteiger partial charge < -0.3 is 14.6 Å². The molecular formula is C10H18O5. The minimum Gasteiger partial charge on any atom is -0.466 e. The summed E-state index contributed by atoms with van der Waals surface area (Å²) in [6.07, 6.45) is 1.98. The van der Waals surface area contributed by atoms with E-state index in [1.165, 1.54) is 14.2 Å². The molecule has 0 aromatic rings. The van der Waals surface area contributed by atoms with E-state index in [0.29, 0.717) is 0 Å². The highest BCUT2D eigenvalue weighted by molar-refractivity contribution is 5.91. The van der Waals surface area contributed by atoms with Gasteiger partial charge in [-0.05, 0) is 20.8 Å². The molecule has 0 unspecified atom stereocenters. The SMILES string of the molecule is CC(C)(C)O.COC(=O)/C=C/C(=O)OC. The average molecular weight is 218 g/mol. The number of carbonyl (C=O) groups excluding carboxylic acids is 2. The molecular weight excluding hydrogens is 200 g/mol. The van der Waals surface area contributed by atoms with Gasteiger partial charge in [-0.15, -0.1) is 0 Å². The van der Waals surface area contributed by atoms with E-state index in [4.69, 9.17) is 5.11 Å². The third-order valence-electron chi connectivity index (χ3n) is 0.758. The molecule has 0 atom stereocenters. The quantitative estimate of drug-likeness (QED) is 0.544. The van der Waals surface area contributed by atoms with Crippen molar-refractivity contribution in [3.8, 4) is 0 Å². The van der Waals surface area contributed by atoms with Crippen LogP contribution >= 0.6 is 0 Å². The first-order valence-electron chi connectivity index (χ1n) is 4.27. The zero-order chi connectivity index (χ0) is 12.5. The van der Waals surface area contributed by atoms with E-state index in [9.17, 15) is 9.59 Å². The molecule has 0 aliphatic heterocycles. The van der Waals surface area contributed by atoms with E-state index >= 15 is 0 Å².